The predicted octanol–water partition coefficient (Wildman–Crippen LogP) is 2.26. The maximum Gasteiger partial charge on any atom is 0.262 e. The van der Waals surface area contributed by atoms with Crippen molar-refractivity contribution in [1.82, 2.24) is 34.7 Å². The number of nitrogens with zero attached hydrogens (tertiary/aromatic N) is 6. The van der Waals surface area contributed by atoms with Gasteiger partial charge in [0.2, 0.25) is 0 Å². The molecule has 4 aromatic rings. The maximum atomic E-state index is 12.6. The van der Waals surface area contributed by atoms with Crippen molar-refractivity contribution in [3.8, 4) is 5.69 Å². The van der Waals surface area contributed by atoms with Gasteiger partial charge < -0.3 is 4.98 Å². The van der Waals surface area contributed by atoms with Gasteiger partial charge in [-0.2, -0.15) is 5.10 Å². The maximum absolute atomic E-state index is 12.6. The highest BCUT2D eigenvalue weighted by atomic mass is 16.1. The van der Waals surface area contributed by atoms with Gasteiger partial charge >= 0.3 is 0 Å². The summed E-state index contributed by atoms with van der Waals surface area (Å²) in [6.45, 7) is 1.98. The van der Waals surface area contributed by atoms with Crippen molar-refractivity contribution in [2.45, 2.75) is 31.6 Å². The molecule has 1 saturated carbocycles. The Hall–Kier alpha value is -3.42. The second-order valence-electron chi connectivity index (χ2n) is 6.80. The van der Waals surface area contributed by atoms with Crippen LogP contribution in [-0.2, 0) is 0 Å². The molecule has 4 heterocycles. The molecule has 1 fully saturated rings. The zero-order valence-corrected chi connectivity index (χ0v) is 14.7. The molecule has 0 amide bonds. The monoisotopic (exact) mass is 359 g/mol. The van der Waals surface area contributed by atoms with E-state index in [2.05, 4.69) is 25.0 Å². The molecule has 1 aliphatic rings. The summed E-state index contributed by atoms with van der Waals surface area (Å²) in [4.78, 5) is 33.3. The molecule has 0 spiro atoms. The molecule has 0 bridgehead atoms. The van der Waals surface area contributed by atoms with Crippen LogP contribution in [0.15, 0.2) is 47.9 Å². The topological polar surface area (TPSA) is 102 Å². The van der Waals surface area contributed by atoms with E-state index in [1.54, 1.807) is 41.7 Å². The van der Waals surface area contributed by atoms with Crippen LogP contribution in [0.3, 0.4) is 0 Å². The Balaban J connectivity index is 1.62. The Morgan fingerprint density at radius 3 is 2.67 bits per heavy atom. The molecule has 5 rings (SSSR count). The molecule has 0 unspecified atom stereocenters. The molecule has 4 aromatic heterocycles. The molecular formula is C19H17N7O. The fraction of sp³-hybridized carbons (Fsp3) is 0.263. The zero-order chi connectivity index (χ0) is 18.4. The fourth-order valence-electron chi connectivity index (χ4n) is 3.60. The van der Waals surface area contributed by atoms with Crippen LogP contribution < -0.4 is 5.56 Å². The van der Waals surface area contributed by atoms with Gasteiger partial charge in [0, 0.05) is 30.4 Å². The molecule has 134 valence electrons. The zero-order valence-electron chi connectivity index (χ0n) is 14.7. The first-order valence-corrected chi connectivity index (χ1v) is 8.88. The molecule has 0 saturated heterocycles. The molecule has 2 atom stereocenters. The van der Waals surface area contributed by atoms with Crippen LogP contribution in [-0.4, -0.2) is 34.7 Å². The van der Waals surface area contributed by atoms with Gasteiger partial charge in [0.25, 0.3) is 5.56 Å². The summed E-state index contributed by atoms with van der Waals surface area (Å²) < 4.78 is 1.68. The summed E-state index contributed by atoms with van der Waals surface area (Å²) in [6, 6.07) is 3.71. The summed E-state index contributed by atoms with van der Waals surface area (Å²) in [5.41, 5.74) is 2.19. The first-order chi connectivity index (χ1) is 13.2. The highest BCUT2D eigenvalue weighted by Gasteiger charge is 2.37. The predicted molar refractivity (Wildman–Crippen MR) is 98.8 cm³/mol. The number of nitrogens with one attached hydrogen (secondary N) is 1. The second kappa shape index (κ2) is 6.08. The Labute approximate surface area is 154 Å². The van der Waals surface area contributed by atoms with Gasteiger partial charge in [-0.15, -0.1) is 0 Å². The van der Waals surface area contributed by atoms with Gasteiger partial charge in [-0.25, -0.2) is 19.6 Å². The summed E-state index contributed by atoms with van der Waals surface area (Å²) in [5, 5.41) is 4.84. The van der Waals surface area contributed by atoms with Crippen molar-refractivity contribution in [3.63, 3.8) is 0 Å². The number of aromatic amines is 1. The van der Waals surface area contributed by atoms with Crippen LogP contribution in [0.1, 0.15) is 41.9 Å². The lowest BCUT2D eigenvalue weighted by Crippen LogP contribution is -2.27. The number of rotatable bonds is 3. The van der Waals surface area contributed by atoms with E-state index in [1.165, 1.54) is 0 Å². The molecule has 1 aliphatic carbocycles. The number of aromatic nitrogens is 7. The summed E-state index contributed by atoms with van der Waals surface area (Å²) >= 11 is 0. The normalized spacial score (nSPS) is 19.1. The molecule has 27 heavy (non-hydrogen) atoms. The number of hydrogen-bond donors (Lipinski definition) is 1. The van der Waals surface area contributed by atoms with E-state index in [1.807, 2.05) is 13.0 Å². The molecule has 0 aliphatic heterocycles. The first kappa shape index (κ1) is 15.8. The SMILES string of the molecule is Cc1ccncc1-n1ncc2c(=O)[nH]c([C@H]3CC[C@H]3c3ncccn3)nc21. The minimum Gasteiger partial charge on any atom is -0.310 e. The van der Waals surface area contributed by atoms with Gasteiger partial charge in [-0.1, -0.05) is 0 Å². The molecule has 0 radical (unpaired) electrons. The van der Waals surface area contributed by atoms with Gasteiger partial charge in [0.05, 0.1) is 18.1 Å². The first-order valence-electron chi connectivity index (χ1n) is 8.88. The highest BCUT2D eigenvalue weighted by Crippen LogP contribution is 2.46. The minimum absolute atomic E-state index is 0.0999. The number of aryl methyl sites for hydroxylation is 1. The minimum atomic E-state index is -0.178. The lowest BCUT2D eigenvalue weighted by atomic mass is 9.72. The van der Waals surface area contributed by atoms with E-state index in [4.69, 9.17) is 4.98 Å². The highest BCUT2D eigenvalue weighted by molar-refractivity contribution is 5.75. The molecule has 8 heteroatoms. The van der Waals surface area contributed by atoms with E-state index in [-0.39, 0.29) is 17.4 Å². The number of H-pyrrole nitrogens is 1. The lowest BCUT2D eigenvalue weighted by Gasteiger charge is -2.34. The van der Waals surface area contributed by atoms with Gasteiger partial charge in [0.15, 0.2) is 5.65 Å². The van der Waals surface area contributed by atoms with Crippen LogP contribution in [0.5, 0.6) is 0 Å². The van der Waals surface area contributed by atoms with E-state index < -0.39 is 0 Å². The van der Waals surface area contributed by atoms with Crippen molar-refractivity contribution in [1.29, 1.82) is 0 Å². The third-order valence-corrected chi connectivity index (χ3v) is 5.24. The van der Waals surface area contributed by atoms with Crippen LogP contribution in [0.4, 0.5) is 0 Å². The Bertz CT molecular complexity index is 1180. The Morgan fingerprint density at radius 2 is 1.93 bits per heavy atom. The molecule has 1 N–H and O–H groups in total. The van der Waals surface area contributed by atoms with Crippen molar-refractivity contribution < 1.29 is 0 Å². The largest absolute Gasteiger partial charge is 0.310 e. The average molecular weight is 359 g/mol. The van der Waals surface area contributed by atoms with Gasteiger partial charge in [-0.05, 0) is 37.5 Å². The second-order valence-corrected chi connectivity index (χ2v) is 6.80. The van der Waals surface area contributed by atoms with Crippen molar-refractivity contribution in [2.75, 3.05) is 0 Å². The average Bonchev–Trinajstić information content (AvgIpc) is 3.06. The Kier molecular flexibility index (Phi) is 3.56. The molecule has 0 aromatic carbocycles. The summed E-state index contributed by atoms with van der Waals surface area (Å²) in [7, 11) is 0. The summed E-state index contributed by atoms with van der Waals surface area (Å²) in [6.07, 6.45) is 10.4. The van der Waals surface area contributed by atoms with E-state index in [0.29, 0.717) is 16.9 Å². The van der Waals surface area contributed by atoms with Crippen molar-refractivity contribution in [3.05, 3.63) is 70.7 Å². The smallest absolute Gasteiger partial charge is 0.262 e. The number of pyridine rings is 1. The Morgan fingerprint density at radius 1 is 1.11 bits per heavy atom. The van der Waals surface area contributed by atoms with E-state index >= 15 is 0 Å². The van der Waals surface area contributed by atoms with Gasteiger partial charge in [-0.3, -0.25) is 9.78 Å². The third kappa shape index (κ3) is 2.52. The summed E-state index contributed by atoms with van der Waals surface area (Å²) in [5.74, 6) is 1.73. The lowest BCUT2D eigenvalue weighted by molar-refractivity contribution is 0.319. The van der Waals surface area contributed by atoms with Crippen molar-refractivity contribution >= 4 is 11.0 Å². The standard InChI is InChI=1S/C19H17N7O/c1-11-5-8-20-10-15(11)26-18-14(9-23-26)19(27)25-17(24-18)13-4-3-12(13)16-21-6-2-7-22-16/h2,5-10,12-13H,3-4H2,1H3,(H,24,25,27)/t12-,13+/m1/s1. The van der Waals surface area contributed by atoms with Gasteiger partial charge in [0.1, 0.15) is 17.0 Å². The third-order valence-electron chi connectivity index (χ3n) is 5.24. The molecule has 8 nitrogen and oxygen atoms in total. The van der Waals surface area contributed by atoms with Crippen LogP contribution >= 0.6 is 0 Å². The number of hydrogen-bond acceptors (Lipinski definition) is 6. The van der Waals surface area contributed by atoms with Crippen LogP contribution in [0.2, 0.25) is 0 Å². The van der Waals surface area contributed by atoms with E-state index in [9.17, 15) is 4.79 Å². The van der Waals surface area contributed by atoms with Crippen LogP contribution in [0.25, 0.3) is 16.7 Å². The number of fused-ring (bicyclic) bond motifs is 1. The molecular weight excluding hydrogens is 342 g/mol. The fourth-order valence-corrected chi connectivity index (χ4v) is 3.60. The van der Waals surface area contributed by atoms with E-state index in [0.717, 1.165) is 29.9 Å². The van der Waals surface area contributed by atoms with Crippen molar-refractivity contribution in [2.24, 2.45) is 0 Å². The quantitative estimate of drug-likeness (QED) is 0.602. The van der Waals surface area contributed by atoms with Crippen LogP contribution in [0, 0.1) is 6.92 Å².